The van der Waals surface area contributed by atoms with Crippen molar-refractivity contribution < 1.29 is 28.6 Å². The minimum Gasteiger partial charge on any atom is -0.466 e. The third kappa shape index (κ3) is 4.99. The van der Waals surface area contributed by atoms with Crippen LogP contribution in [-0.2, 0) is 28.6 Å². The Balaban J connectivity index is 5.36. The van der Waals surface area contributed by atoms with Gasteiger partial charge in [0.25, 0.3) is 0 Å². The summed E-state index contributed by atoms with van der Waals surface area (Å²) in [7, 11) is 2.36. The Bertz CT molecular complexity index is 356. The van der Waals surface area contributed by atoms with Gasteiger partial charge in [0, 0.05) is 13.0 Å². The average Bonchev–Trinajstić information content (AvgIpc) is 2.31. The van der Waals surface area contributed by atoms with Gasteiger partial charge in [-0.05, 0) is 5.92 Å². The summed E-state index contributed by atoms with van der Waals surface area (Å²) < 4.78 is 14.0. The highest BCUT2D eigenvalue weighted by atomic mass is 16.6. The number of ether oxygens (including phenoxy) is 3. The molecule has 0 spiro atoms. The van der Waals surface area contributed by atoms with Gasteiger partial charge < -0.3 is 14.2 Å². The summed E-state index contributed by atoms with van der Waals surface area (Å²) >= 11 is 0. The normalized spacial score (nSPS) is 12.9. The number of methoxy groups -OCH3 is 2. The standard InChI is InChI=1S/C12H18O6/c1-7(2)11(18-8(3)13)9(12(15)17-5)6-10(14)16-4/h6-7,11H,1-5H3/b9-6-. The fourth-order valence-corrected chi connectivity index (χ4v) is 1.30. The number of rotatable bonds is 5. The molecule has 0 aliphatic rings. The van der Waals surface area contributed by atoms with E-state index in [-0.39, 0.29) is 11.5 Å². The van der Waals surface area contributed by atoms with Crippen molar-refractivity contribution in [3.05, 3.63) is 11.6 Å². The molecular formula is C12H18O6. The molecule has 0 aromatic heterocycles. The first-order valence-electron chi connectivity index (χ1n) is 5.38. The quantitative estimate of drug-likeness (QED) is 0.413. The maximum atomic E-state index is 11.6. The van der Waals surface area contributed by atoms with Crippen LogP contribution in [0, 0.1) is 5.92 Å². The molecule has 0 bridgehead atoms. The Labute approximate surface area is 106 Å². The molecular weight excluding hydrogens is 240 g/mol. The van der Waals surface area contributed by atoms with Gasteiger partial charge in [0.05, 0.1) is 19.8 Å². The highest BCUT2D eigenvalue weighted by Crippen LogP contribution is 2.18. The lowest BCUT2D eigenvalue weighted by molar-refractivity contribution is -0.149. The molecule has 0 saturated carbocycles. The SMILES string of the molecule is COC(=O)/C=C(\C(=O)OC)C(OC(C)=O)C(C)C. The van der Waals surface area contributed by atoms with Crippen molar-refractivity contribution in [2.75, 3.05) is 14.2 Å². The van der Waals surface area contributed by atoms with Crippen LogP contribution in [0.15, 0.2) is 11.6 Å². The fourth-order valence-electron chi connectivity index (χ4n) is 1.30. The highest BCUT2D eigenvalue weighted by molar-refractivity contribution is 5.97. The van der Waals surface area contributed by atoms with Crippen LogP contribution in [0.3, 0.4) is 0 Å². The number of hydrogen-bond donors (Lipinski definition) is 0. The summed E-state index contributed by atoms with van der Waals surface area (Å²) in [5, 5.41) is 0. The van der Waals surface area contributed by atoms with Crippen LogP contribution in [0.25, 0.3) is 0 Å². The minimum absolute atomic E-state index is 0.0467. The van der Waals surface area contributed by atoms with E-state index in [1.54, 1.807) is 13.8 Å². The molecule has 1 unspecified atom stereocenters. The second-order valence-electron chi connectivity index (χ2n) is 3.89. The van der Waals surface area contributed by atoms with Crippen molar-refractivity contribution >= 4 is 17.9 Å². The van der Waals surface area contributed by atoms with E-state index < -0.39 is 24.0 Å². The van der Waals surface area contributed by atoms with Gasteiger partial charge in [0.15, 0.2) is 0 Å². The Morgan fingerprint density at radius 3 is 1.94 bits per heavy atom. The lowest BCUT2D eigenvalue weighted by atomic mass is 9.98. The summed E-state index contributed by atoms with van der Waals surface area (Å²) in [5.74, 6) is -2.19. The third-order valence-corrected chi connectivity index (χ3v) is 2.10. The molecule has 1 atom stereocenters. The summed E-state index contributed by atoms with van der Waals surface area (Å²) in [4.78, 5) is 33.8. The van der Waals surface area contributed by atoms with Gasteiger partial charge in [-0.2, -0.15) is 0 Å². The highest BCUT2D eigenvalue weighted by Gasteiger charge is 2.28. The Kier molecular flexibility index (Phi) is 6.70. The molecule has 0 amide bonds. The van der Waals surface area contributed by atoms with Crippen molar-refractivity contribution in [2.24, 2.45) is 5.92 Å². The zero-order chi connectivity index (χ0) is 14.3. The first-order chi connectivity index (χ1) is 8.33. The molecule has 6 nitrogen and oxygen atoms in total. The number of esters is 3. The van der Waals surface area contributed by atoms with E-state index in [0.29, 0.717) is 0 Å². The Hall–Kier alpha value is -1.85. The van der Waals surface area contributed by atoms with E-state index in [9.17, 15) is 14.4 Å². The van der Waals surface area contributed by atoms with Gasteiger partial charge >= 0.3 is 17.9 Å². The van der Waals surface area contributed by atoms with Crippen LogP contribution >= 0.6 is 0 Å². The largest absolute Gasteiger partial charge is 0.466 e. The van der Waals surface area contributed by atoms with E-state index in [2.05, 4.69) is 9.47 Å². The average molecular weight is 258 g/mol. The molecule has 0 rings (SSSR count). The van der Waals surface area contributed by atoms with Crippen molar-refractivity contribution in [1.82, 2.24) is 0 Å². The molecule has 0 aromatic rings. The molecule has 102 valence electrons. The summed E-state index contributed by atoms with van der Waals surface area (Å²) in [6.45, 7) is 4.73. The second kappa shape index (κ2) is 7.47. The smallest absolute Gasteiger partial charge is 0.337 e. The number of hydrogen-bond acceptors (Lipinski definition) is 6. The molecule has 0 aromatic carbocycles. The summed E-state index contributed by atoms with van der Waals surface area (Å²) in [5.41, 5.74) is -0.0467. The monoisotopic (exact) mass is 258 g/mol. The lowest BCUT2D eigenvalue weighted by Gasteiger charge is -2.21. The van der Waals surface area contributed by atoms with Crippen LogP contribution in [0.5, 0.6) is 0 Å². The third-order valence-electron chi connectivity index (χ3n) is 2.10. The topological polar surface area (TPSA) is 78.9 Å². The molecule has 0 aliphatic carbocycles. The van der Waals surface area contributed by atoms with Crippen molar-refractivity contribution in [2.45, 2.75) is 26.9 Å². The Morgan fingerprint density at radius 1 is 1.06 bits per heavy atom. The molecule has 0 saturated heterocycles. The molecule has 0 N–H and O–H groups in total. The molecule has 0 fully saturated rings. The maximum Gasteiger partial charge on any atom is 0.337 e. The van der Waals surface area contributed by atoms with Crippen LogP contribution < -0.4 is 0 Å². The van der Waals surface area contributed by atoms with Gasteiger partial charge in [-0.25, -0.2) is 9.59 Å². The molecule has 18 heavy (non-hydrogen) atoms. The van der Waals surface area contributed by atoms with Gasteiger partial charge in [0.2, 0.25) is 0 Å². The Morgan fingerprint density at radius 2 is 1.61 bits per heavy atom. The van der Waals surface area contributed by atoms with Crippen LogP contribution in [0.2, 0.25) is 0 Å². The fraction of sp³-hybridized carbons (Fsp3) is 0.583. The molecule has 0 heterocycles. The minimum atomic E-state index is -0.853. The summed E-state index contributed by atoms with van der Waals surface area (Å²) in [6, 6.07) is 0. The maximum absolute atomic E-state index is 11.6. The van der Waals surface area contributed by atoms with E-state index in [1.807, 2.05) is 0 Å². The van der Waals surface area contributed by atoms with E-state index in [1.165, 1.54) is 21.1 Å². The van der Waals surface area contributed by atoms with Crippen molar-refractivity contribution in [3.8, 4) is 0 Å². The van der Waals surface area contributed by atoms with E-state index in [0.717, 1.165) is 6.08 Å². The van der Waals surface area contributed by atoms with E-state index in [4.69, 9.17) is 4.74 Å². The second-order valence-corrected chi connectivity index (χ2v) is 3.89. The zero-order valence-electron chi connectivity index (χ0n) is 11.2. The van der Waals surface area contributed by atoms with Crippen LogP contribution in [0.4, 0.5) is 0 Å². The van der Waals surface area contributed by atoms with Gasteiger partial charge in [-0.15, -0.1) is 0 Å². The molecule has 0 radical (unpaired) electrons. The predicted octanol–water partition coefficient (Wildman–Crippen LogP) is 0.846. The predicted molar refractivity (Wildman–Crippen MR) is 62.5 cm³/mol. The summed E-state index contributed by atoms with van der Waals surface area (Å²) in [6.07, 6.45) is 0.119. The molecule has 0 aliphatic heterocycles. The number of carbonyl (C=O) groups excluding carboxylic acids is 3. The number of carbonyl (C=O) groups is 3. The van der Waals surface area contributed by atoms with Gasteiger partial charge in [0.1, 0.15) is 6.10 Å². The first kappa shape index (κ1) is 16.1. The van der Waals surface area contributed by atoms with Crippen molar-refractivity contribution in [1.29, 1.82) is 0 Å². The van der Waals surface area contributed by atoms with E-state index >= 15 is 0 Å². The van der Waals surface area contributed by atoms with Crippen molar-refractivity contribution in [3.63, 3.8) is 0 Å². The lowest BCUT2D eigenvalue weighted by Crippen LogP contribution is -2.30. The molecule has 6 heteroatoms. The zero-order valence-corrected chi connectivity index (χ0v) is 11.2. The van der Waals surface area contributed by atoms with Crippen LogP contribution in [0.1, 0.15) is 20.8 Å². The van der Waals surface area contributed by atoms with Gasteiger partial charge in [-0.1, -0.05) is 13.8 Å². The first-order valence-corrected chi connectivity index (χ1v) is 5.38. The van der Waals surface area contributed by atoms with Gasteiger partial charge in [-0.3, -0.25) is 4.79 Å². The van der Waals surface area contributed by atoms with Crippen LogP contribution in [-0.4, -0.2) is 38.2 Å².